The predicted octanol–water partition coefficient (Wildman–Crippen LogP) is 5.59. The maximum atomic E-state index is 14.6. The van der Waals surface area contributed by atoms with Gasteiger partial charge in [-0.15, -0.1) is 0 Å². The van der Waals surface area contributed by atoms with Crippen LogP contribution in [0.1, 0.15) is 34.5 Å². The summed E-state index contributed by atoms with van der Waals surface area (Å²) in [6.45, 7) is 1.76. The Balaban J connectivity index is 0.000000229. The van der Waals surface area contributed by atoms with Gasteiger partial charge in [-0.1, -0.05) is 47.5 Å². The Labute approximate surface area is 267 Å². The van der Waals surface area contributed by atoms with E-state index in [1.165, 1.54) is 12.1 Å². The molecule has 2 amide bonds. The second kappa shape index (κ2) is 12.8. The molecular formula is C33H28Cl2FN5O4. The summed E-state index contributed by atoms with van der Waals surface area (Å²) >= 11 is 11.6. The summed E-state index contributed by atoms with van der Waals surface area (Å²) in [5.41, 5.74) is 1.55. The van der Waals surface area contributed by atoms with E-state index in [0.717, 1.165) is 23.8 Å². The minimum absolute atomic E-state index is 0.0122. The van der Waals surface area contributed by atoms with Crippen LogP contribution >= 0.6 is 23.2 Å². The number of nitrogens with one attached hydrogen (secondary N) is 1. The number of benzene rings is 3. The largest absolute Gasteiger partial charge is 0.504 e. The first kappa shape index (κ1) is 30.5. The zero-order chi connectivity index (χ0) is 31.7. The summed E-state index contributed by atoms with van der Waals surface area (Å²) in [6.07, 6.45) is 3.83. The number of phenols is 1. The van der Waals surface area contributed by atoms with E-state index in [4.69, 9.17) is 23.2 Å². The number of pyridine rings is 1. The summed E-state index contributed by atoms with van der Waals surface area (Å²) in [7, 11) is 0. The summed E-state index contributed by atoms with van der Waals surface area (Å²) in [5.74, 6) is -0.645. The minimum Gasteiger partial charge on any atom is -0.504 e. The molecule has 2 aliphatic rings. The molecule has 1 aliphatic carbocycles. The Morgan fingerprint density at radius 3 is 2.33 bits per heavy atom. The Kier molecular flexibility index (Phi) is 8.69. The number of halogens is 3. The maximum absolute atomic E-state index is 14.6. The molecule has 2 aromatic heterocycles. The van der Waals surface area contributed by atoms with Gasteiger partial charge < -0.3 is 14.9 Å². The molecule has 0 atom stereocenters. The normalized spacial score (nSPS) is 14.7. The molecule has 0 bridgehead atoms. The van der Waals surface area contributed by atoms with Crippen LogP contribution in [0.5, 0.6) is 5.75 Å². The maximum Gasteiger partial charge on any atom is 0.272 e. The molecule has 1 saturated carbocycles. The zero-order valence-corrected chi connectivity index (χ0v) is 25.5. The highest BCUT2D eigenvalue weighted by Gasteiger charge is 2.35. The number of hydrogen-bond donors (Lipinski definition) is 2. The monoisotopic (exact) mass is 647 g/mol. The van der Waals surface area contributed by atoms with Crippen LogP contribution in [0, 0.1) is 11.7 Å². The van der Waals surface area contributed by atoms with Crippen molar-refractivity contribution in [2.45, 2.75) is 19.3 Å². The minimum atomic E-state index is -0.575. The van der Waals surface area contributed by atoms with Crippen LogP contribution in [0.15, 0.2) is 71.7 Å². The number of hydrogen-bond acceptors (Lipinski definition) is 6. The fourth-order valence-electron chi connectivity index (χ4n) is 5.39. The van der Waals surface area contributed by atoms with Gasteiger partial charge in [0.05, 0.1) is 26.7 Å². The molecular weight excluding hydrogens is 620 g/mol. The zero-order valence-electron chi connectivity index (χ0n) is 24.0. The molecule has 9 nitrogen and oxygen atoms in total. The van der Waals surface area contributed by atoms with Crippen LogP contribution < -0.4 is 5.56 Å². The van der Waals surface area contributed by atoms with Crippen LogP contribution in [-0.2, 0) is 11.2 Å². The smallest absolute Gasteiger partial charge is 0.272 e. The SMILES string of the molecule is O=C(c1cc(Cc2n[nH]c(=O)c3ccccc23)ccc1F)N1CCN(C(=O)C2CC2)CC1.Oc1c(Cl)cc(Cl)c2cccnc12. The molecule has 7 rings (SSSR count). The number of carbonyl (C=O) groups is 2. The van der Waals surface area contributed by atoms with E-state index in [2.05, 4.69) is 15.2 Å². The molecule has 230 valence electrons. The van der Waals surface area contributed by atoms with Crippen molar-refractivity contribution in [2.75, 3.05) is 26.2 Å². The van der Waals surface area contributed by atoms with E-state index in [1.807, 2.05) is 12.1 Å². The van der Waals surface area contributed by atoms with Gasteiger partial charge in [0.25, 0.3) is 11.5 Å². The lowest BCUT2D eigenvalue weighted by molar-refractivity contribution is -0.134. The fourth-order valence-corrected chi connectivity index (χ4v) is 5.91. The first-order valence-electron chi connectivity index (χ1n) is 14.5. The standard InChI is InChI=1S/C24H23FN4O3.C9H5Cl2NO/c25-20-8-5-15(14-21-17-3-1-2-4-18(17)22(30)27-26-21)13-19(20)24(32)29-11-9-28(10-12-29)23(31)16-6-7-16;10-6-4-7(11)9(13)8-5(6)2-1-3-12-8/h1-5,8,13,16H,6-7,9-12,14H2,(H,27,30);1-4,13H. The van der Waals surface area contributed by atoms with Gasteiger partial charge >= 0.3 is 0 Å². The average molecular weight is 649 g/mol. The van der Waals surface area contributed by atoms with Crippen molar-refractivity contribution in [3.63, 3.8) is 0 Å². The molecule has 1 saturated heterocycles. The first-order valence-corrected chi connectivity index (χ1v) is 15.2. The highest BCUT2D eigenvalue weighted by molar-refractivity contribution is 6.39. The Bertz CT molecular complexity index is 1990. The lowest BCUT2D eigenvalue weighted by Gasteiger charge is -2.35. The predicted molar refractivity (Wildman–Crippen MR) is 170 cm³/mol. The van der Waals surface area contributed by atoms with Gasteiger partial charge in [-0.05, 0) is 54.8 Å². The van der Waals surface area contributed by atoms with Gasteiger partial charge in [0.2, 0.25) is 5.91 Å². The summed E-state index contributed by atoms with van der Waals surface area (Å²) in [4.78, 5) is 44.7. The number of carbonyl (C=O) groups excluding carboxylic acids is 2. The van der Waals surface area contributed by atoms with Crippen molar-refractivity contribution >= 4 is 56.7 Å². The number of piperazine rings is 1. The van der Waals surface area contributed by atoms with E-state index in [0.29, 0.717) is 59.6 Å². The fraction of sp³-hybridized carbons (Fsp3) is 0.242. The van der Waals surface area contributed by atoms with E-state index in [9.17, 15) is 23.9 Å². The third kappa shape index (κ3) is 6.48. The molecule has 0 spiro atoms. The molecule has 0 radical (unpaired) electrons. The van der Waals surface area contributed by atoms with Crippen LogP contribution in [0.25, 0.3) is 21.7 Å². The number of fused-ring (bicyclic) bond motifs is 2. The molecule has 1 aliphatic heterocycles. The molecule has 2 fully saturated rings. The van der Waals surface area contributed by atoms with E-state index in [-0.39, 0.29) is 39.6 Å². The van der Waals surface area contributed by atoms with Crippen molar-refractivity contribution < 1.29 is 19.1 Å². The van der Waals surface area contributed by atoms with E-state index < -0.39 is 5.82 Å². The van der Waals surface area contributed by atoms with Gasteiger partial charge in [-0.25, -0.2) is 9.49 Å². The van der Waals surface area contributed by atoms with Gasteiger partial charge in [0, 0.05) is 55.5 Å². The molecule has 0 unspecified atom stereocenters. The first-order chi connectivity index (χ1) is 21.7. The molecule has 3 heterocycles. The average Bonchev–Trinajstić information content (AvgIpc) is 3.92. The topological polar surface area (TPSA) is 119 Å². The van der Waals surface area contributed by atoms with Crippen LogP contribution in [0.4, 0.5) is 4.39 Å². The highest BCUT2D eigenvalue weighted by Crippen LogP contribution is 2.35. The summed E-state index contributed by atoms with van der Waals surface area (Å²) in [5, 5.41) is 18.9. The Morgan fingerprint density at radius 1 is 0.911 bits per heavy atom. The van der Waals surface area contributed by atoms with Crippen molar-refractivity contribution in [1.82, 2.24) is 25.0 Å². The van der Waals surface area contributed by atoms with Gasteiger partial charge in [-0.2, -0.15) is 5.10 Å². The van der Waals surface area contributed by atoms with Gasteiger partial charge in [0.15, 0.2) is 5.75 Å². The quantitative estimate of drug-likeness (QED) is 0.262. The number of amides is 2. The second-order valence-corrected chi connectivity index (χ2v) is 11.8. The Hall–Kier alpha value is -4.54. The van der Waals surface area contributed by atoms with Crippen LogP contribution in [0.2, 0.25) is 10.0 Å². The molecule has 45 heavy (non-hydrogen) atoms. The van der Waals surface area contributed by atoms with Crippen molar-refractivity contribution in [1.29, 1.82) is 0 Å². The molecule has 3 aromatic carbocycles. The lowest BCUT2D eigenvalue weighted by atomic mass is 10.0. The Morgan fingerprint density at radius 2 is 1.60 bits per heavy atom. The van der Waals surface area contributed by atoms with Gasteiger partial charge in [0.1, 0.15) is 11.3 Å². The van der Waals surface area contributed by atoms with Gasteiger partial charge in [-0.3, -0.25) is 19.4 Å². The lowest BCUT2D eigenvalue weighted by Crippen LogP contribution is -2.51. The number of nitrogens with zero attached hydrogens (tertiary/aromatic N) is 4. The highest BCUT2D eigenvalue weighted by atomic mass is 35.5. The third-order valence-electron chi connectivity index (χ3n) is 7.98. The summed E-state index contributed by atoms with van der Waals surface area (Å²) < 4.78 is 14.6. The number of aromatic nitrogens is 3. The molecule has 2 N–H and O–H groups in total. The molecule has 5 aromatic rings. The molecule has 12 heteroatoms. The number of rotatable bonds is 4. The van der Waals surface area contributed by atoms with Crippen LogP contribution in [0.3, 0.4) is 0 Å². The van der Waals surface area contributed by atoms with Crippen molar-refractivity contribution in [3.05, 3.63) is 110 Å². The third-order valence-corrected chi connectivity index (χ3v) is 8.58. The summed E-state index contributed by atoms with van der Waals surface area (Å²) in [6, 6.07) is 16.7. The van der Waals surface area contributed by atoms with E-state index >= 15 is 0 Å². The number of H-pyrrole nitrogens is 1. The van der Waals surface area contributed by atoms with Crippen LogP contribution in [-0.4, -0.2) is 68.1 Å². The van der Waals surface area contributed by atoms with Crippen molar-refractivity contribution in [2.24, 2.45) is 5.92 Å². The van der Waals surface area contributed by atoms with E-state index in [1.54, 1.807) is 52.4 Å². The second-order valence-electron chi connectivity index (χ2n) is 11.0. The number of aromatic hydroxyl groups is 1. The number of aromatic amines is 1. The van der Waals surface area contributed by atoms with Crippen molar-refractivity contribution in [3.8, 4) is 5.75 Å². The number of phenolic OH excluding ortho intramolecular Hbond substituents is 1.